The van der Waals surface area contributed by atoms with Crippen LogP contribution >= 0.6 is 0 Å². The number of carbonyl (C=O) groups excluding carboxylic acids is 1. The molecule has 4 rings (SSSR count). The van der Waals surface area contributed by atoms with Crippen LogP contribution in [0.15, 0.2) is 12.1 Å². The molecule has 0 saturated carbocycles. The molecule has 4 heterocycles. The lowest BCUT2D eigenvalue weighted by atomic mass is 9.98. The van der Waals surface area contributed by atoms with Crippen molar-refractivity contribution in [3.05, 3.63) is 23.5 Å². The molecule has 2 aromatic heterocycles. The third-order valence-corrected chi connectivity index (χ3v) is 5.00. The summed E-state index contributed by atoms with van der Waals surface area (Å²) in [6.07, 6.45) is -6.42. The number of aromatic nitrogens is 3. The first-order valence-corrected chi connectivity index (χ1v) is 8.84. The van der Waals surface area contributed by atoms with Gasteiger partial charge in [0.05, 0.1) is 24.4 Å². The first kappa shape index (κ1) is 18.2. The summed E-state index contributed by atoms with van der Waals surface area (Å²) in [6.45, 7) is 2.88. The summed E-state index contributed by atoms with van der Waals surface area (Å²) in [5.74, 6) is -0.174. The maximum Gasteiger partial charge on any atom is 0.416 e. The van der Waals surface area contributed by atoms with Crippen LogP contribution in [0.4, 0.5) is 13.2 Å². The molecule has 0 aliphatic carbocycles. The Bertz CT molecular complexity index is 862. The number of alkyl halides is 3. The topological polar surface area (TPSA) is 72.3 Å². The van der Waals surface area contributed by atoms with Gasteiger partial charge in [0.1, 0.15) is 12.1 Å². The van der Waals surface area contributed by atoms with Gasteiger partial charge < -0.3 is 15.0 Å². The molecule has 10 heteroatoms. The lowest BCUT2D eigenvalue weighted by molar-refractivity contribution is -0.236. The molecule has 1 amide bonds. The molecule has 2 aliphatic heterocycles. The zero-order chi connectivity index (χ0) is 19.2. The molecule has 0 bridgehead atoms. The van der Waals surface area contributed by atoms with E-state index in [1.54, 1.807) is 4.68 Å². The first-order valence-electron chi connectivity index (χ1n) is 8.84. The zero-order valence-corrected chi connectivity index (χ0v) is 14.8. The second-order valence-electron chi connectivity index (χ2n) is 6.96. The van der Waals surface area contributed by atoms with Crippen molar-refractivity contribution in [3.8, 4) is 0 Å². The quantitative estimate of drug-likeness (QED) is 0.863. The predicted octanol–water partition coefficient (Wildman–Crippen LogP) is 1.22. The average molecular weight is 383 g/mol. The van der Waals surface area contributed by atoms with Crippen molar-refractivity contribution < 1.29 is 22.7 Å². The number of ether oxygens (including phenoxy) is 1. The van der Waals surface area contributed by atoms with Crippen LogP contribution in [0.3, 0.4) is 0 Å². The minimum atomic E-state index is -4.48. The van der Waals surface area contributed by atoms with E-state index in [-0.39, 0.29) is 25.6 Å². The number of nitrogens with zero attached hydrogens (tertiary/aromatic N) is 4. The van der Waals surface area contributed by atoms with Gasteiger partial charge in [0, 0.05) is 31.2 Å². The predicted molar refractivity (Wildman–Crippen MR) is 90.3 cm³/mol. The molecule has 27 heavy (non-hydrogen) atoms. The highest BCUT2D eigenvalue weighted by molar-refractivity contribution is 5.82. The van der Waals surface area contributed by atoms with E-state index in [1.807, 2.05) is 19.1 Å². The lowest BCUT2D eigenvalue weighted by Crippen LogP contribution is -2.51. The van der Waals surface area contributed by atoms with Gasteiger partial charge in [0.2, 0.25) is 5.91 Å². The number of hydrogen-bond donors (Lipinski definition) is 1. The number of rotatable bonds is 3. The molecule has 1 atom stereocenters. The molecular formula is C17H20F3N5O2. The summed E-state index contributed by atoms with van der Waals surface area (Å²) < 4.78 is 45.0. The Balaban J connectivity index is 1.57. The molecule has 2 saturated heterocycles. The van der Waals surface area contributed by atoms with Crippen LogP contribution in [0.5, 0.6) is 0 Å². The molecule has 0 radical (unpaired) electrons. The summed E-state index contributed by atoms with van der Waals surface area (Å²) in [4.78, 5) is 18.4. The molecule has 146 valence electrons. The van der Waals surface area contributed by atoms with E-state index < -0.39 is 24.7 Å². The van der Waals surface area contributed by atoms with Gasteiger partial charge in [-0.1, -0.05) is 0 Å². The van der Waals surface area contributed by atoms with E-state index in [1.165, 1.54) is 4.90 Å². The number of aryl methyl sites for hydroxylation is 1. The van der Waals surface area contributed by atoms with Crippen molar-refractivity contribution >= 4 is 16.9 Å². The second kappa shape index (κ2) is 6.75. The van der Waals surface area contributed by atoms with E-state index in [4.69, 9.17) is 4.74 Å². The summed E-state index contributed by atoms with van der Waals surface area (Å²) in [5, 5.41) is 7.76. The highest BCUT2D eigenvalue weighted by atomic mass is 19.4. The van der Waals surface area contributed by atoms with Crippen molar-refractivity contribution in [2.24, 2.45) is 0 Å². The molecule has 2 fully saturated rings. The highest BCUT2D eigenvalue weighted by Crippen LogP contribution is 2.28. The van der Waals surface area contributed by atoms with Gasteiger partial charge in [0.25, 0.3) is 0 Å². The van der Waals surface area contributed by atoms with Crippen molar-refractivity contribution in [3.63, 3.8) is 0 Å². The fourth-order valence-electron chi connectivity index (χ4n) is 3.36. The monoisotopic (exact) mass is 383 g/mol. The molecule has 0 spiro atoms. The summed E-state index contributed by atoms with van der Waals surface area (Å²) in [5.41, 5.74) is 3.15. The summed E-state index contributed by atoms with van der Waals surface area (Å²) in [7, 11) is 0. The van der Waals surface area contributed by atoms with Crippen LogP contribution in [0.1, 0.15) is 17.3 Å². The van der Waals surface area contributed by atoms with Crippen molar-refractivity contribution in [2.45, 2.75) is 31.7 Å². The number of halogens is 3. The number of carbonyl (C=O) groups is 1. The van der Waals surface area contributed by atoms with Crippen molar-refractivity contribution in [2.75, 3.05) is 32.8 Å². The Morgan fingerprint density at radius 3 is 2.81 bits per heavy atom. The fourth-order valence-corrected chi connectivity index (χ4v) is 3.36. The number of amides is 1. The molecule has 2 aliphatic rings. The van der Waals surface area contributed by atoms with Gasteiger partial charge >= 0.3 is 6.18 Å². The normalized spacial score (nSPS) is 21.5. The highest BCUT2D eigenvalue weighted by Gasteiger charge is 2.44. The number of hydrogen-bond acceptors (Lipinski definition) is 5. The van der Waals surface area contributed by atoms with Gasteiger partial charge in [-0.2, -0.15) is 18.3 Å². The minimum Gasteiger partial charge on any atom is -0.365 e. The smallest absolute Gasteiger partial charge is 0.365 e. The molecular weight excluding hydrogens is 363 g/mol. The Morgan fingerprint density at radius 2 is 2.15 bits per heavy atom. The van der Waals surface area contributed by atoms with Gasteiger partial charge in [-0.25, -0.2) is 4.98 Å². The Morgan fingerprint density at radius 1 is 1.37 bits per heavy atom. The second-order valence-corrected chi connectivity index (χ2v) is 6.96. The SMILES string of the molecule is Cc1ccc2c(n1)c(C1CNC1)nn2CC(=O)N1CCO[C@@H](C(F)(F)F)C1. The van der Waals surface area contributed by atoms with Crippen LogP contribution < -0.4 is 5.32 Å². The Hall–Kier alpha value is -2.20. The average Bonchev–Trinajstić information content (AvgIpc) is 2.90. The standard InChI is InChI=1S/C17H20F3N5O2/c1-10-2-3-12-16(22-10)15(11-6-21-7-11)23-25(12)9-14(26)24-4-5-27-13(8-24)17(18,19)20/h2-3,11,13,21H,4-9H2,1H3/t13-/m1/s1. The summed E-state index contributed by atoms with van der Waals surface area (Å²) in [6, 6.07) is 3.69. The van der Waals surface area contributed by atoms with Gasteiger partial charge in [0.15, 0.2) is 6.10 Å². The lowest BCUT2D eigenvalue weighted by Gasteiger charge is -2.33. The maximum atomic E-state index is 12.9. The van der Waals surface area contributed by atoms with Crippen LogP contribution in [-0.4, -0.2) is 70.6 Å². The van der Waals surface area contributed by atoms with Crippen LogP contribution in [0.25, 0.3) is 11.0 Å². The third kappa shape index (κ3) is 3.51. The van der Waals surface area contributed by atoms with Crippen LogP contribution in [0, 0.1) is 6.92 Å². The Labute approximate surface area is 153 Å². The fraction of sp³-hybridized carbons (Fsp3) is 0.588. The number of fused-ring (bicyclic) bond motifs is 1. The van der Waals surface area contributed by atoms with Gasteiger partial charge in [-0.05, 0) is 19.1 Å². The van der Waals surface area contributed by atoms with Gasteiger partial charge in [-0.3, -0.25) is 9.48 Å². The van der Waals surface area contributed by atoms with E-state index in [0.29, 0.717) is 0 Å². The molecule has 0 unspecified atom stereocenters. The zero-order valence-electron chi connectivity index (χ0n) is 14.8. The van der Waals surface area contributed by atoms with E-state index >= 15 is 0 Å². The molecule has 1 N–H and O–H groups in total. The van der Waals surface area contributed by atoms with E-state index in [2.05, 4.69) is 15.4 Å². The van der Waals surface area contributed by atoms with E-state index in [9.17, 15) is 18.0 Å². The molecule has 0 aromatic carbocycles. The van der Waals surface area contributed by atoms with E-state index in [0.717, 1.165) is 35.5 Å². The van der Waals surface area contributed by atoms with Crippen molar-refractivity contribution in [1.82, 2.24) is 25.0 Å². The Kier molecular flexibility index (Phi) is 4.55. The van der Waals surface area contributed by atoms with Crippen LogP contribution in [-0.2, 0) is 16.1 Å². The molecule has 2 aromatic rings. The van der Waals surface area contributed by atoms with Crippen LogP contribution in [0.2, 0.25) is 0 Å². The maximum absolute atomic E-state index is 12.9. The number of morpholine rings is 1. The third-order valence-electron chi connectivity index (χ3n) is 5.00. The summed E-state index contributed by atoms with van der Waals surface area (Å²) >= 11 is 0. The largest absolute Gasteiger partial charge is 0.416 e. The minimum absolute atomic E-state index is 0.119. The van der Waals surface area contributed by atoms with Crippen molar-refractivity contribution in [1.29, 1.82) is 0 Å². The van der Waals surface area contributed by atoms with Gasteiger partial charge in [-0.15, -0.1) is 0 Å². The number of pyridine rings is 1. The first-order chi connectivity index (χ1) is 12.8. The molecule has 7 nitrogen and oxygen atoms in total. The number of nitrogens with one attached hydrogen (secondary N) is 1.